The summed E-state index contributed by atoms with van der Waals surface area (Å²) in [5.41, 5.74) is 0. The van der Waals surface area contributed by atoms with Gasteiger partial charge in [-0.1, -0.05) is 20.3 Å². The van der Waals surface area contributed by atoms with Crippen molar-refractivity contribution in [1.29, 1.82) is 0 Å². The van der Waals surface area contributed by atoms with Gasteiger partial charge in [-0.2, -0.15) is 13.2 Å². The molecular formula is C15H30F3IN4O2S. The monoisotopic (exact) mass is 514 g/mol. The largest absolute Gasteiger partial charge is 0.391 e. The predicted molar refractivity (Wildman–Crippen MR) is 108 cm³/mol. The summed E-state index contributed by atoms with van der Waals surface area (Å²) in [6.07, 6.45) is -2.84. The average molecular weight is 514 g/mol. The van der Waals surface area contributed by atoms with Gasteiger partial charge >= 0.3 is 6.18 Å². The Hall–Kier alpha value is -0.300. The van der Waals surface area contributed by atoms with Gasteiger partial charge in [-0.25, -0.2) is 12.7 Å². The summed E-state index contributed by atoms with van der Waals surface area (Å²) in [5, 5.41) is 5.86. The van der Waals surface area contributed by atoms with E-state index in [0.717, 1.165) is 0 Å². The van der Waals surface area contributed by atoms with Crippen molar-refractivity contribution in [1.82, 2.24) is 14.9 Å². The highest BCUT2D eigenvalue weighted by atomic mass is 127. The van der Waals surface area contributed by atoms with E-state index >= 15 is 0 Å². The minimum atomic E-state index is -4.17. The zero-order chi connectivity index (χ0) is 19.1. The maximum atomic E-state index is 12.9. The van der Waals surface area contributed by atoms with E-state index in [2.05, 4.69) is 15.6 Å². The molecule has 1 rings (SSSR count). The molecule has 26 heavy (non-hydrogen) atoms. The van der Waals surface area contributed by atoms with Crippen LogP contribution in [0.4, 0.5) is 13.2 Å². The number of sulfonamides is 1. The third kappa shape index (κ3) is 8.15. The van der Waals surface area contributed by atoms with Gasteiger partial charge in [0.2, 0.25) is 10.0 Å². The van der Waals surface area contributed by atoms with Crippen LogP contribution in [0, 0.1) is 5.92 Å². The molecule has 0 amide bonds. The van der Waals surface area contributed by atoms with Crippen LogP contribution in [0.1, 0.15) is 39.5 Å². The van der Waals surface area contributed by atoms with E-state index in [9.17, 15) is 21.6 Å². The van der Waals surface area contributed by atoms with Gasteiger partial charge in [0.15, 0.2) is 5.96 Å². The Morgan fingerprint density at radius 2 is 1.85 bits per heavy atom. The lowest BCUT2D eigenvalue weighted by Crippen LogP contribution is -2.48. The molecule has 1 saturated carbocycles. The fraction of sp³-hybridized carbons (Fsp3) is 0.933. The summed E-state index contributed by atoms with van der Waals surface area (Å²) in [6.45, 7) is 4.51. The maximum absolute atomic E-state index is 12.9. The second-order valence-electron chi connectivity index (χ2n) is 6.15. The fourth-order valence-corrected chi connectivity index (χ4v) is 4.46. The number of hydrogen-bond acceptors (Lipinski definition) is 3. The van der Waals surface area contributed by atoms with Crippen molar-refractivity contribution in [2.75, 3.05) is 32.4 Å². The first-order chi connectivity index (χ1) is 11.6. The summed E-state index contributed by atoms with van der Waals surface area (Å²) in [5.74, 6) is -1.05. The van der Waals surface area contributed by atoms with Gasteiger partial charge in [0, 0.05) is 32.7 Å². The van der Waals surface area contributed by atoms with E-state index in [0.29, 0.717) is 31.9 Å². The van der Waals surface area contributed by atoms with Crippen molar-refractivity contribution >= 4 is 40.0 Å². The number of nitrogens with one attached hydrogen (secondary N) is 2. The summed E-state index contributed by atoms with van der Waals surface area (Å²) < 4.78 is 64.2. The van der Waals surface area contributed by atoms with E-state index in [1.54, 1.807) is 13.8 Å². The van der Waals surface area contributed by atoms with Gasteiger partial charge in [-0.15, -0.1) is 24.0 Å². The summed E-state index contributed by atoms with van der Waals surface area (Å²) in [7, 11) is -1.84. The van der Waals surface area contributed by atoms with E-state index < -0.39 is 22.1 Å². The van der Waals surface area contributed by atoms with Crippen molar-refractivity contribution in [3.05, 3.63) is 0 Å². The van der Waals surface area contributed by atoms with Crippen LogP contribution in [0.15, 0.2) is 4.99 Å². The molecule has 1 fully saturated rings. The molecule has 2 unspecified atom stereocenters. The molecule has 0 spiro atoms. The lowest BCUT2D eigenvalue weighted by Gasteiger charge is -2.32. The topological polar surface area (TPSA) is 73.8 Å². The SMILES string of the molecule is CCN(CC)S(=O)(=O)CCNC(=NC)NC1CCCC(C(F)(F)F)C1.I. The Labute approximate surface area is 171 Å². The van der Waals surface area contributed by atoms with Crippen LogP contribution < -0.4 is 10.6 Å². The van der Waals surface area contributed by atoms with E-state index in [4.69, 9.17) is 0 Å². The molecule has 0 radical (unpaired) electrons. The maximum Gasteiger partial charge on any atom is 0.391 e. The van der Waals surface area contributed by atoms with Crippen LogP contribution in [-0.4, -0.2) is 63.3 Å². The molecule has 0 aromatic heterocycles. The quantitative estimate of drug-likeness (QED) is 0.311. The molecule has 0 saturated heterocycles. The summed E-state index contributed by atoms with van der Waals surface area (Å²) in [4.78, 5) is 3.98. The third-order valence-electron chi connectivity index (χ3n) is 4.45. The summed E-state index contributed by atoms with van der Waals surface area (Å²) in [6, 6.07) is -0.314. The van der Waals surface area contributed by atoms with Crippen LogP contribution in [0.25, 0.3) is 0 Å². The van der Waals surface area contributed by atoms with Gasteiger partial charge in [-0.3, -0.25) is 4.99 Å². The minimum Gasteiger partial charge on any atom is -0.355 e. The van der Waals surface area contributed by atoms with E-state index in [-0.39, 0.29) is 55.2 Å². The highest BCUT2D eigenvalue weighted by molar-refractivity contribution is 14.0. The van der Waals surface area contributed by atoms with Gasteiger partial charge in [-0.05, 0) is 19.3 Å². The van der Waals surface area contributed by atoms with Crippen molar-refractivity contribution in [2.24, 2.45) is 10.9 Å². The normalized spacial score (nSPS) is 22.0. The molecule has 11 heteroatoms. The lowest BCUT2D eigenvalue weighted by molar-refractivity contribution is -0.183. The molecule has 156 valence electrons. The predicted octanol–water partition coefficient (Wildman–Crippen LogP) is 2.56. The lowest BCUT2D eigenvalue weighted by atomic mass is 9.85. The molecular weight excluding hydrogens is 484 g/mol. The molecule has 0 aromatic carbocycles. The second-order valence-corrected chi connectivity index (χ2v) is 8.23. The zero-order valence-electron chi connectivity index (χ0n) is 15.5. The summed E-state index contributed by atoms with van der Waals surface area (Å²) >= 11 is 0. The van der Waals surface area contributed by atoms with Gasteiger partial charge in [0.1, 0.15) is 0 Å². The molecule has 0 aromatic rings. The minimum absolute atomic E-state index is 0. The van der Waals surface area contributed by atoms with E-state index in [1.807, 2.05) is 0 Å². The molecule has 2 atom stereocenters. The van der Waals surface area contributed by atoms with Crippen LogP contribution in [0.3, 0.4) is 0 Å². The average Bonchev–Trinajstić information content (AvgIpc) is 2.54. The molecule has 1 aliphatic carbocycles. The van der Waals surface area contributed by atoms with Crippen molar-refractivity contribution < 1.29 is 21.6 Å². The molecule has 6 nitrogen and oxygen atoms in total. The van der Waals surface area contributed by atoms with Crippen molar-refractivity contribution in [3.63, 3.8) is 0 Å². The number of halogens is 4. The first-order valence-corrected chi connectivity index (χ1v) is 10.3. The van der Waals surface area contributed by atoms with E-state index in [1.165, 1.54) is 11.4 Å². The Morgan fingerprint density at radius 1 is 1.23 bits per heavy atom. The van der Waals surface area contributed by atoms with Crippen molar-refractivity contribution in [3.8, 4) is 0 Å². The Morgan fingerprint density at radius 3 is 2.35 bits per heavy atom. The molecule has 1 aliphatic rings. The van der Waals surface area contributed by atoms with Gasteiger partial charge in [0.05, 0.1) is 11.7 Å². The number of guanidine groups is 1. The second kappa shape index (κ2) is 11.5. The standard InChI is InChI=1S/C15H29F3N4O2S.HI/c1-4-22(5-2)25(23,24)10-9-20-14(19-3)21-13-8-6-7-12(11-13)15(16,17)18;/h12-13H,4-11H2,1-3H3,(H2,19,20,21);1H. The Bertz CT molecular complexity index is 539. The van der Waals surface area contributed by atoms with Crippen LogP contribution >= 0.6 is 24.0 Å². The first kappa shape index (κ1) is 25.7. The highest BCUT2D eigenvalue weighted by Crippen LogP contribution is 2.37. The first-order valence-electron chi connectivity index (χ1n) is 8.65. The number of nitrogens with zero attached hydrogens (tertiary/aromatic N) is 2. The number of alkyl halides is 3. The molecule has 0 heterocycles. The van der Waals surface area contributed by atoms with Crippen LogP contribution in [0.2, 0.25) is 0 Å². The Balaban J connectivity index is 0.00000625. The highest BCUT2D eigenvalue weighted by Gasteiger charge is 2.42. The number of hydrogen-bond donors (Lipinski definition) is 2. The number of aliphatic imine (C=N–C) groups is 1. The zero-order valence-corrected chi connectivity index (χ0v) is 18.6. The van der Waals surface area contributed by atoms with Crippen LogP contribution in [-0.2, 0) is 10.0 Å². The van der Waals surface area contributed by atoms with Gasteiger partial charge in [0.25, 0.3) is 0 Å². The van der Waals surface area contributed by atoms with Crippen molar-refractivity contribution in [2.45, 2.75) is 51.7 Å². The fourth-order valence-electron chi connectivity index (χ4n) is 3.05. The smallest absolute Gasteiger partial charge is 0.355 e. The third-order valence-corrected chi connectivity index (χ3v) is 6.48. The molecule has 0 bridgehead atoms. The Kier molecular flexibility index (Phi) is 11.4. The molecule has 2 N–H and O–H groups in total. The van der Waals surface area contributed by atoms with Gasteiger partial charge < -0.3 is 10.6 Å². The van der Waals surface area contributed by atoms with Crippen LogP contribution in [0.5, 0.6) is 0 Å². The number of rotatable bonds is 7. The molecule has 0 aliphatic heterocycles.